The summed E-state index contributed by atoms with van der Waals surface area (Å²) in [5, 5.41) is 0. The van der Waals surface area contributed by atoms with E-state index in [1.165, 1.54) is 11.1 Å². The molecule has 0 fully saturated rings. The molecule has 2 aromatic rings. The van der Waals surface area contributed by atoms with E-state index in [-0.39, 0.29) is 0 Å². The molecule has 0 atom stereocenters. The van der Waals surface area contributed by atoms with Gasteiger partial charge >= 0.3 is 47.3 Å². The van der Waals surface area contributed by atoms with Gasteiger partial charge in [-0.1, -0.05) is 102 Å². The summed E-state index contributed by atoms with van der Waals surface area (Å²) in [7, 11) is 0. The van der Waals surface area contributed by atoms with Crippen molar-refractivity contribution < 1.29 is 1.41 Å². The summed E-state index contributed by atoms with van der Waals surface area (Å²) in [5.74, 6) is 0. The molecular formula is C20H30OSn2. The molecule has 0 unspecified atom stereocenters. The normalized spacial score (nSPS) is 10.8. The average molecular weight is 524 g/mol. The van der Waals surface area contributed by atoms with E-state index in [4.69, 9.17) is 0 Å². The fourth-order valence-electron chi connectivity index (χ4n) is 1.88. The van der Waals surface area contributed by atoms with Crippen LogP contribution in [-0.2, 0) is 12.2 Å². The Kier molecular flexibility index (Phi) is 11.5. The van der Waals surface area contributed by atoms with Crippen molar-refractivity contribution in [3.8, 4) is 0 Å². The zero-order valence-corrected chi connectivity index (χ0v) is 21.9. The van der Waals surface area contributed by atoms with Crippen LogP contribution in [-0.4, -0.2) is 45.9 Å². The Bertz CT molecular complexity index is 461. The van der Waals surface area contributed by atoms with E-state index in [0.717, 1.165) is 45.9 Å². The molecule has 23 heavy (non-hydrogen) atoms. The molecule has 0 aliphatic heterocycles. The van der Waals surface area contributed by atoms with E-state index in [1.54, 1.807) is 0 Å². The first-order valence-electron chi connectivity index (χ1n) is 7.79. The van der Waals surface area contributed by atoms with Gasteiger partial charge in [0.1, 0.15) is 0 Å². The Morgan fingerprint density at radius 1 is 0.565 bits per heavy atom. The van der Waals surface area contributed by atoms with Crippen LogP contribution in [0.2, 0.25) is 0 Å². The number of benzene rings is 2. The zero-order valence-electron chi connectivity index (χ0n) is 15.3. The Balaban J connectivity index is 0.000000360. The van der Waals surface area contributed by atoms with Crippen LogP contribution in [0.25, 0.3) is 0 Å². The average Bonchev–Trinajstić information content (AvgIpc) is 2.49. The van der Waals surface area contributed by atoms with Crippen molar-refractivity contribution in [2.75, 3.05) is 0 Å². The number of hydrogen-bond acceptors (Lipinski definition) is 1. The van der Waals surface area contributed by atoms with Gasteiger partial charge in [-0.3, -0.25) is 0 Å². The third-order valence-corrected chi connectivity index (χ3v) is 3.28. The topological polar surface area (TPSA) is 9.23 Å². The molecule has 0 aliphatic rings. The van der Waals surface area contributed by atoms with E-state index in [9.17, 15) is 0 Å². The molecule has 0 N–H and O–H groups in total. The molecule has 4 radical (unpaired) electrons. The Hall–Kier alpha value is -0.00260. The van der Waals surface area contributed by atoms with Gasteiger partial charge in [-0.05, 0) is 22.0 Å². The molecule has 0 saturated heterocycles. The van der Waals surface area contributed by atoms with Crippen LogP contribution in [0.3, 0.4) is 0 Å². The molecule has 0 aliphatic carbocycles. The standard InChI is InChI=1S/2C10H14.O.2Sn.2H/c2*1-10(2,3)9-7-5-4-6-8-9;;;;;/h2*4-8H,1-3H3;;;;;. The molecule has 0 heterocycles. The fourth-order valence-corrected chi connectivity index (χ4v) is 1.88. The second-order valence-electron chi connectivity index (χ2n) is 7.37. The van der Waals surface area contributed by atoms with Crippen molar-refractivity contribution in [3.63, 3.8) is 0 Å². The van der Waals surface area contributed by atoms with Gasteiger partial charge in [0.25, 0.3) is 0 Å². The predicted octanol–water partition coefficient (Wildman–Crippen LogP) is 4.60. The quantitative estimate of drug-likeness (QED) is 0.459. The van der Waals surface area contributed by atoms with Gasteiger partial charge in [0.2, 0.25) is 0 Å². The summed E-state index contributed by atoms with van der Waals surface area (Å²) >= 11 is 1.95. The molecule has 0 amide bonds. The molecule has 2 rings (SSSR count). The van der Waals surface area contributed by atoms with Crippen molar-refractivity contribution >= 4 is 45.9 Å². The Morgan fingerprint density at radius 2 is 0.783 bits per heavy atom. The second kappa shape index (κ2) is 11.5. The predicted molar refractivity (Wildman–Crippen MR) is 106 cm³/mol. The maximum absolute atomic E-state index is 4.51. The van der Waals surface area contributed by atoms with Gasteiger partial charge in [0.05, 0.1) is 0 Å². The van der Waals surface area contributed by atoms with Gasteiger partial charge in [-0.15, -0.1) is 0 Å². The SMILES string of the molecule is CC(C)(C)c1ccccc1.CC(C)(C)c1ccccc1.[SnH][O][SnH]. The maximum atomic E-state index is 4.51. The monoisotopic (exact) mass is 526 g/mol. The zero-order chi connectivity index (χ0) is 17.9. The van der Waals surface area contributed by atoms with Crippen molar-refractivity contribution in [2.45, 2.75) is 52.4 Å². The first-order valence-corrected chi connectivity index (χ1v) is 10.5. The molecule has 124 valence electrons. The summed E-state index contributed by atoms with van der Waals surface area (Å²) in [6, 6.07) is 21.1. The fraction of sp³-hybridized carbons (Fsp3) is 0.400. The van der Waals surface area contributed by atoms with Gasteiger partial charge in [-0.2, -0.15) is 0 Å². The van der Waals surface area contributed by atoms with E-state index >= 15 is 0 Å². The summed E-state index contributed by atoms with van der Waals surface area (Å²) < 4.78 is 4.51. The molecule has 0 bridgehead atoms. The van der Waals surface area contributed by atoms with Crippen molar-refractivity contribution in [3.05, 3.63) is 71.8 Å². The van der Waals surface area contributed by atoms with Crippen LogP contribution >= 0.6 is 0 Å². The van der Waals surface area contributed by atoms with Gasteiger partial charge in [0.15, 0.2) is 0 Å². The second-order valence-corrected chi connectivity index (χ2v) is 13.4. The molecule has 0 aromatic heterocycles. The van der Waals surface area contributed by atoms with Crippen molar-refractivity contribution in [2.24, 2.45) is 0 Å². The summed E-state index contributed by atoms with van der Waals surface area (Å²) in [6.07, 6.45) is 0. The first kappa shape index (κ1) is 23.0. The van der Waals surface area contributed by atoms with Crippen LogP contribution in [0.5, 0.6) is 0 Å². The van der Waals surface area contributed by atoms with Crippen LogP contribution in [0.15, 0.2) is 60.7 Å². The van der Waals surface area contributed by atoms with Crippen LogP contribution in [0.4, 0.5) is 0 Å². The van der Waals surface area contributed by atoms with E-state index in [2.05, 4.69) is 104 Å². The Morgan fingerprint density at radius 3 is 0.913 bits per heavy atom. The van der Waals surface area contributed by atoms with E-state index in [1.807, 2.05) is 0 Å². The third kappa shape index (κ3) is 11.2. The summed E-state index contributed by atoms with van der Waals surface area (Å²) in [6.45, 7) is 13.3. The molecule has 1 nitrogen and oxygen atoms in total. The van der Waals surface area contributed by atoms with E-state index in [0.29, 0.717) is 10.8 Å². The Labute approximate surface area is 170 Å². The molecule has 0 saturated carbocycles. The van der Waals surface area contributed by atoms with E-state index < -0.39 is 0 Å². The summed E-state index contributed by atoms with van der Waals surface area (Å²) in [5.41, 5.74) is 3.38. The van der Waals surface area contributed by atoms with Gasteiger partial charge in [0, 0.05) is 0 Å². The number of rotatable bonds is 0. The first-order chi connectivity index (χ1) is 10.6. The summed E-state index contributed by atoms with van der Waals surface area (Å²) in [4.78, 5) is 0. The van der Waals surface area contributed by atoms with Gasteiger partial charge < -0.3 is 0 Å². The van der Waals surface area contributed by atoms with Gasteiger partial charge in [-0.25, -0.2) is 0 Å². The molecule has 2 aromatic carbocycles. The third-order valence-electron chi connectivity index (χ3n) is 3.28. The van der Waals surface area contributed by atoms with Crippen molar-refractivity contribution in [1.82, 2.24) is 0 Å². The van der Waals surface area contributed by atoms with Crippen molar-refractivity contribution in [1.29, 1.82) is 0 Å². The molecule has 0 spiro atoms. The van der Waals surface area contributed by atoms with Crippen LogP contribution in [0.1, 0.15) is 52.7 Å². The van der Waals surface area contributed by atoms with Crippen LogP contribution < -0.4 is 0 Å². The van der Waals surface area contributed by atoms with Crippen LogP contribution in [0, 0.1) is 0 Å². The molecule has 3 heteroatoms. The number of hydrogen-bond donors (Lipinski definition) is 0. The molecular weight excluding hydrogens is 494 g/mol. The minimum atomic E-state index is 0.293. The minimum absolute atomic E-state index is 0.293.